The Morgan fingerprint density at radius 3 is 2.50 bits per heavy atom. The van der Waals surface area contributed by atoms with Crippen molar-refractivity contribution in [3.63, 3.8) is 0 Å². The summed E-state index contributed by atoms with van der Waals surface area (Å²) in [6, 6.07) is 7.07. The Kier molecular flexibility index (Phi) is 4.40. The third-order valence-corrected chi connectivity index (χ3v) is 2.00. The van der Waals surface area contributed by atoms with Gasteiger partial charge in [0.1, 0.15) is 19.0 Å². The number of benzene rings is 1. The summed E-state index contributed by atoms with van der Waals surface area (Å²) < 4.78 is 16.8. The summed E-state index contributed by atoms with van der Waals surface area (Å²) in [5.41, 5.74) is 0.861. The van der Waals surface area contributed by atoms with Gasteiger partial charge in [0.05, 0.1) is 6.10 Å². The zero-order valence-corrected chi connectivity index (χ0v) is 8.24. The van der Waals surface area contributed by atoms with Crippen LogP contribution in [0.2, 0.25) is 0 Å². The van der Waals surface area contributed by atoms with Crippen LogP contribution in [0.3, 0.4) is 0 Å². The summed E-state index contributed by atoms with van der Waals surface area (Å²) in [6.45, 7) is 1.51. The first-order valence-electron chi connectivity index (χ1n) is 4.74. The predicted octanol–water partition coefficient (Wildman–Crippen LogP) is 2.48. The van der Waals surface area contributed by atoms with Crippen LogP contribution in [0.4, 0.5) is 4.39 Å². The van der Waals surface area contributed by atoms with Crippen molar-refractivity contribution in [1.29, 1.82) is 0 Å². The lowest BCUT2D eigenvalue weighted by Crippen LogP contribution is -1.99. The molecule has 3 heteroatoms. The standard InChI is InChI=1S/C11H15FO2/c1-2-11(13)9-3-5-10(6-4-9)14-8-7-12/h3-6,11,13H,2,7-8H2,1H3/t11-/m0/s1. The van der Waals surface area contributed by atoms with Gasteiger partial charge < -0.3 is 9.84 Å². The van der Waals surface area contributed by atoms with Crippen LogP contribution in [0, 0.1) is 0 Å². The van der Waals surface area contributed by atoms with Crippen molar-refractivity contribution >= 4 is 0 Å². The highest BCUT2D eigenvalue weighted by Gasteiger charge is 2.03. The molecule has 0 unspecified atom stereocenters. The van der Waals surface area contributed by atoms with E-state index in [1.165, 1.54) is 0 Å². The van der Waals surface area contributed by atoms with Crippen molar-refractivity contribution in [2.75, 3.05) is 13.3 Å². The fourth-order valence-corrected chi connectivity index (χ4v) is 1.18. The van der Waals surface area contributed by atoms with Crippen molar-refractivity contribution in [2.24, 2.45) is 0 Å². The van der Waals surface area contributed by atoms with Crippen LogP contribution in [0.15, 0.2) is 24.3 Å². The van der Waals surface area contributed by atoms with Crippen LogP contribution in [0.5, 0.6) is 5.75 Å². The molecule has 0 saturated heterocycles. The van der Waals surface area contributed by atoms with Gasteiger partial charge in [0.2, 0.25) is 0 Å². The topological polar surface area (TPSA) is 29.5 Å². The quantitative estimate of drug-likeness (QED) is 0.787. The number of hydrogen-bond acceptors (Lipinski definition) is 2. The highest BCUT2D eigenvalue weighted by atomic mass is 19.1. The molecule has 2 nitrogen and oxygen atoms in total. The second-order valence-electron chi connectivity index (χ2n) is 3.03. The maximum absolute atomic E-state index is 11.8. The van der Waals surface area contributed by atoms with Crippen LogP contribution < -0.4 is 4.74 Å². The summed E-state index contributed by atoms with van der Waals surface area (Å²) in [4.78, 5) is 0. The van der Waals surface area contributed by atoms with E-state index in [0.29, 0.717) is 12.2 Å². The normalized spacial score (nSPS) is 12.5. The molecular weight excluding hydrogens is 183 g/mol. The molecule has 0 aliphatic rings. The van der Waals surface area contributed by atoms with Gasteiger partial charge in [-0.25, -0.2) is 4.39 Å². The molecule has 0 aliphatic heterocycles. The zero-order valence-electron chi connectivity index (χ0n) is 8.24. The van der Waals surface area contributed by atoms with Gasteiger partial charge >= 0.3 is 0 Å². The molecule has 1 atom stereocenters. The second-order valence-corrected chi connectivity index (χ2v) is 3.03. The first kappa shape index (κ1) is 11.0. The highest BCUT2D eigenvalue weighted by Crippen LogP contribution is 2.19. The molecule has 0 aliphatic carbocycles. The Morgan fingerprint density at radius 2 is 2.00 bits per heavy atom. The molecule has 1 rings (SSSR count). The van der Waals surface area contributed by atoms with Crippen LogP contribution in [0.25, 0.3) is 0 Å². The van der Waals surface area contributed by atoms with Crippen LogP contribution >= 0.6 is 0 Å². The van der Waals surface area contributed by atoms with E-state index in [0.717, 1.165) is 5.56 Å². The maximum Gasteiger partial charge on any atom is 0.123 e. The van der Waals surface area contributed by atoms with E-state index in [1.807, 2.05) is 6.92 Å². The summed E-state index contributed by atoms with van der Waals surface area (Å²) in [6.07, 6.45) is 0.259. The molecule has 1 aromatic rings. The van der Waals surface area contributed by atoms with E-state index < -0.39 is 12.8 Å². The maximum atomic E-state index is 11.8. The van der Waals surface area contributed by atoms with Gasteiger partial charge in [0.25, 0.3) is 0 Å². The van der Waals surface area contributed by atoms with Crippen molar-refractivity contribution < 1.29 is 14.2 Å². The van der Waals surface area contributed by atoms with Crippen molar-refractivity contribution in [2.45, 2.75) is 19.4 Å². The van der Waals surface area contributed by atoms with Crippen LogP contribution in [-0.4, -0.2) is 18.4 Å². The molecule has 0 radical (unpaired) electrons. The van der Waals surface area contributed by atoms with E-state index >= 15 is 0 Å². The third kappa shape index (κ3) is 3.00. The summed E-state index contributed by atoms with van der Waals surface area (Å²) >= 11 is 0. The minimum atomic E-state index is -0.487. The van der Waals surface area contributed by atoms with E-state index in [-0.39, 0.29) is 6.61 Å². The summed E-state index contributed by atoms with van der Waals surface area (Å²) in [5.74, 6) is 0.634. The molecule has 0 bridgehead atoms. The molecule has 1 N–H and O–H groups in total. The largest absolute Gasteiger partial charge is 0.491 e. The Bertz CT molecular complexity index is 258. The molecule has 0 amide bonds. The van der Waals surface area contributed by atoms with Crippen molar-refractivity contribution in [3.8, 4) is 5.75 Å². The third-order valence-electron chi connectivity index (χ3n) is 2.00. The molecule has 0 heterocycles. The Hall–Kier alpha value is -1.09. The van der Waals surface area contributed by atoms with E-state index in [2.05, 4.69) is 0 Å². The first-order valence-corrected chi connectivity index (χ1v) is 4.74. The number of alkyl halides is 1. The number of aliphatic hydroxyl groups excluding tert-OH is 1. The monoisotopic (exact) mass is 198 g/mol. The average molecular weight is 198 g/mol. The molecule has 0 spiro atoms. The molecule has 0 saturated carbocycles. The Balaban J connectivity index is 2.59. The second kappa shape index (κ2) is 5.60. The van der Waals surface area contributed by atoms with Gasteiger partial charge in [-0.3, -0.25) is 0 Å². The highest BCUT2D eigenvalue weighted by molar-refractivity contribution is 5.28. The molecule has 14 heavy (non-hydrogen) atoms. The van der Waals surface area contributed by atoms with E-state index in [4.69, 9.17) is 4.74 Å². The fraction of sp³-hybridized carbons (Fsp3) is 0.455. The van der Waals surface area contributed by atoms with Gasteiger partial charge in [0, 0.05) is 0 Å². The molecule has 0 aromatic heterocycles. The SMILES string of the molecule is CC[C@H](O)c1ccc(OCCF)cc1. The van der Waals surface area contributed by atoms with Gasteiger partial charge in [-0.2, -0.15) is 0 Å². The summed E-state index contributed by atoms with van der Waals surface area (Å²) in [7, 11) is 0. The number of halogens is 1. The molecular formula is C11H15FO2. The minimum absolute atomic E-state index is 0.0790. The Labute approximate surface area is 83.3 Å². The number of rotatable bonds is 5. The van der Waals surface area contributed by atoms with Gasteiger partial charge in [-0.05, 0) is 24.1 Å². The number of ether oxygens (including phenoxy) is 1. The summed E-state index contributed by atoms with van der Waals surface area (Å²) in [5, 5.41) is 9.50. The molecule has 0 fully saturated rings. The fourth-order valence-electron chi connectivity index (χ4n) is 1.18. The van der Waals surface area contributed by atoms with Gasteiger partial charge in [-0.15, -0.1) is 0 Å². The predicted molar refractivity (Wildman–Crippen MR) is 53.2 cm³/mol. The van der Waals surface area contributed by atoms with E-state index in [9.17, 15) is 9.50 Å². The molecule has 1 aromatic carbocycles. The number of aliphatic hydroxyl groups is 1. The van der Waals surface area contributed by atoms with Gasteiger partial charge in [-0.1, -0.05) is 19.1 Å². The lowest BCUT2D eigenvalue weighted by atomic mass is 10.1. The zero-order chi connectivity index (χ0) is 10.4. The van der Waals surface area contributed by atoms with Crippen molar-refractivity contribution in [3.05, 3.63) is 29.8 Å². The van der Waals surface area contributed by atoms with E-state index in [1.54, 1.807) is 24.3 Å². The first-order chi connectivity index (χ1) is 6.77. The van der Waals surface area contributed by atoms with Crippen LogP contribution in [-0.2, 0) is 0 Å². The number of hydrogen-bond donors (Lipinski definition) is 1. The minimum Gasteiger partial charge on any atom is -0.491 e. The van der Waals surface area contributed by atoms with Crippen molar-refractivity contribution in [1.82, 2.24) is 0 Å². The smallest absolute Gasteiger partial charge is 0.123 e. The lowest BCUT2D eigenvalue weighted by Gasteiger charge is -2.09. The van der Waals surface area contributed by atoms with Gasteiger partial charge in [0.15, 0.2) is 0 Å². The Morgan fingerprint density at radius 1 is 1.36 bits per heavy atom. The lowest BCUT2D eigenvalue weighted by molar-refractivity contribution is 0.173. The average Bonchev–Trinajstić information content (AvgIpc) is 2.26. The molecule has 78 valence electrons. The van der Waals surface area contributed by atoms with Crippen LogP contribution in [0.1, 0.15) is 25.0 Å².